The highest BCUT2D eigenvalue weighted by Crippen LogP contribution is 2.28. The van der Waals surface area contributed by atoms with Crippen LogP contribution in [-0.2, 0) is 21.2 Å². The van der Waals surface area contributed by atoms with Crippen LogP contribution in [0.1, 0.15) is 12.0 Å². The van der Waals surface area contributed by atoms with E-state index in [1.165, 1.54) is 0 Å². The lowest BCUT2D eigenvalue weighted by Gasteiger charge is -2.39. The number of carbonyl (C=O) groups is 2. The number of nitrogens with one attached hydrogen (secondary N) is 2. The Morgan fingerprint density at radius 1 is 0.944 bits per heavy atom. The molecule has 0 aliphatic carbocycles. The van der Waals surface area contributed by atoms with E-state index in [1.807, 2.05) is 17.0 Å². The molecule has 2 aliphatic heterocycles. The number of benzene rings is 2. The first-order chi connectivity index (χ1) is 17.1. The van der Waals surface area contributed by atoms with Gasteiger partial charge in [-0.2, -0.15) is 0 Å². The number of anilines is 2. The van der Waals surface area contributed by atoms with Crippen molar-refractivity contribution < 1.29 is 18.0 Å². The molecule has 1 unspecified atom stereocenters. The Balaban J connectivity index is 1.45. The van der Waals surface area contributed by atoms with E-state index in [0.717, 1.165) is 23.9 Å². The van der Waals surface area contributed by atoms with Gasteiger partial charge in [-0.1, -0.05) is 41.4 Å². The van der Waals surface area contributed by atoms with Gasteiger partial charge < -0.3 is 20.0 Å². The number of sulfonamides is 1. The summed E-state index contributed by atoms with van der Waals surface area (Å²) < 4.78 is 26.1. The molecule has 2 aromatic carbocycles. The van der Waals surface area contributed by atoms with Gasteiger partial charge in [0.2, 0.25) is 15.9 Å². The van der Waals surface area contributed by atoms with Crippen LogP contribution in [0.4, 0.5) is 16.2 Å². The number of likely N-dealkylation sites (tertiary alicyclic amines) is 1. The largest absolute Gasteiger partial charge is 0.366 e. The SMILES string of the molecule is CS(=O)(=O)Nc1ccccc1N1CCN(C(=O)C(Cc2ccc(Cl)c(Cl)c2)NC(=O)N2CCC2)CC1. The second-order valence-electron chi connectivity index (χ2n) is 9.00. The number of nitrogens with zero attached hydrogens (tertiary/aromatic N) is 3. The minimum absolute atomic E-state index is 0.169. The molecular formula is C24H29Cl2N5O4S. The molecule has 2 saturated heterocycles. The maximum Gasteiger partial charge on any atom is 0.318 e. The number of halogens is 2. The molecule has 0 bridgehead atoms. The number of urea groups is 1. The molecule has 0 aromatic heterocycles. The van der Waals surface area contributed by atoms with Gasteiger partial charge in [-0.05, 0) is 36.2 Å². The van der Waals surface area contributed by atoms with Crippen molar-refractivity contribution in [2.75, 3.05) is 55.1 Å². The molecule has 2 aromatic rings. The standard InChI is InChI=1S/C24H29Cl2N5O4S/c1-36(34,35)28-20-5-2-3-6-22(20)29-11-13-30(14-12-29)23(32)21(27-24(33)31-9-4-10-31)16-17-7-8-18(25)19(26)15-17/h2-3,5-8,15,21,28H,4,9-14,16H2,1H3,(H,27,33). The summed E-state index contributed by atoms with van der Waals surface area (Å²) in [6.07, 6.45) is 2.36. The smallest absolute Gasteiger partial charge is 0.318 e. The molecule has 0 spiro atoms. The number of rotatable bonds is 7. The second kappa shape index (κ2) is 11.1. The summed E-state index contributed by atoms with van der Waals surface area (Å²) in [6, 6.07) is 11.4. The maximum atomic E-state index is 13.5. The number of para-hydroxylation sites is 2. The molecule has 3 amide bonds. The molecule has 1 atom stereocenters. The Morgan fingerprint density at radius 3 is 2.25 bits per heavy atom. The quantitative estimate of drug-likeness (QED) is 0.548. The van der Waals surface area contributed by atoms with Crippen molar-refractivity contribution in [1.82, 2.24) is 15.1 Å². The lowest BCUT2D eigenvalue weighted by Crippen LogP contribution is -2.58. The van der Waals surface area contributed by atoms with E-state index in [2.05, 4.69) is 10.0 Å². The molecule has 2 N–H and O–H groups in total. The number of piperazine rings is 1. The molecule has 9 nitrogen and oxygen atoms in total. The molecule has 0 saturated carbocycles. The Morgan fingerprint density at radius 2 is 1.64 bits per heavy atom. The van der Waals surface area contributed by atoms with Crippen LogP contribution < -0.4 is 14.9 Å². The van der Waals surface area contributed by atoms with E-state index in [9.17, 15) is 18.0 Å². The summed E-state index contributed by atoms with van der Waals surface area (Å²) in [5.41, 5.74) is 2.05. The van der Waals surface area contributed by atoms with Gasteiger partial charge >= 0.3 is 6.03 Å². The van der Waals surface area contributed by atoms with Crippen LogP contribution >= 0.6 is 23.2 Å². The van der Waals surface area contributed by atoms with Crippen molar-refractivity contribution in [2.24, 2.45) is 0 Å². The zero-order valence-electron chi connectivity index (χ0n) is 19.9. The van der Waals surface area contributed by atoms with Gasteiger partial charge in [0, 0.05) is 45.7 Å². The zero-order valence-corrected chi connectivity index (χ0v) is 22.2. The minimum Gasteiger partial charge on any atom is -0.366 e. The van der Waals surface area contributed by atoms with Crippen LogP contribution in [0.2, 0.25) is 10.0 Å². The van der Waals surface area contributed by atoms with E-state index in [4.69, 9.17) is 23.2 Å². The minimum atomic E-state index is -3.43. The third-order valence-corrected chi connectivity index (χ3v) is 7.62. The number of hydrogen-bond donors (Lipinski definition) is 2. The summed E-state index contributed by atoms with van der Waals surface area (Å²) in [7, 11) is -3.43. The fraction of sp³-hybridized carbons (Fsp3) is 0.417. The average molecular weight is 555 g/mol. The van der Waals surface area contributed by atoms with Crippen molar-refractivity contribution in [2.45, 2.75) is 18.9 Å². The topological polar surface area (TPSA) is 102 Å². The van der Waals surface area contributed by atoms with Crippen molar-refractivity contribution in [3.05, 3.63) is 58.1 Å². The molecule has 2 aliphatic rings. The average Bonchev–Trinajstić information content (AvgIpc) is 2.79. The lowest BCUT2D eigenvalue weighted by molar-refractivity contribution is -0.133. The Bertz CT molecular complexity index is 1230. The molecule has 194 valence electrons. The Hall–Kier alpha value is -2.69. The summed E-state index contributed by atoms with van der Waals surface area (Å²) in [5, 5.41) is 3.72. The van der Waals surface area contributed by atoms with Crippen LogP contribution in [0.5, 0.6) is 0 Å². The second-order valence-corrected chi connectivity index (χ2v) is 11.6. The van der Waals surface area contributed by atoms with E-state index < -0.39 is 16.1 Å². The Kier molecular flexibility index (Phi) is 8.17. The van der Waals surface area contributed by atoms with Gasteiger partial charge in [0.1, 0.15) is 6.04 Å². The highest BCUT2D eigenvalue weighted by atomic mass is 35.5. The zero-order chi connectivity index (χ0) is 25.9. The molecule has 2 heterocycles. The molecular weight excluding hydrogens is 525 g/mol. The molecule has 36 heavy (non-hydrogen) atoms. The van der Waals surface area contributed by atoms with E-state index in [0.29, 0.717) is 55.0 Å². The van der Waals surface area contributed by atoms with Gasteiger partial charge in [0.15, 0.2) is 0 Å². The van der Waals surface area contributed by atoms with E-state index >= 15 is 0 Å². The highest BCUT2D eigenvalue weighted by molar-refractivity contribution is 7.92. The lowest BCUT2D eigenvalue weighted by atomic mass is 10.0. The maximum absolute atomic E-state index is 13.5. The highest BCUT2D eigenvalue weighted by Gasteiger charge is 2.31. The normalized spacial score (nSPS) is 16.8. The van der Waals surface area contributed by atoms with Crippen molar-refractivity contribution in [1.29, 1.82) is 0 Å². The van der Waals surface area contributed by atoms with Crippen LogP contribution in [0.25, 0.3) is 0 Å². The van der Waals surface area contributed by atoms with Crippen molar-refractivity contribution in [3.63, 3.8) is 0 Å². The first kappa shape index (κ1) is 26.4. The third-order valence-electron chi connectivity index (χ3n) is 6.29. The molecule has 0 radical (unpaired) electrons. The molecule has 2 fully saturated rings. The summed E-state index contributed by atoms with van der Waals surface area (Å²) in [5.74, 6) is -0.169. The predicted molar refractivity (Wildman–Crippen MR) is 142 cm³/mol. The van der Waals surface area contributed by atoms with Crippen LogP contribution in [-0.4, -0.2) is 81.7 Å². The first-order valence-electron chi connectivity index (χ1n) is 11.7. The van der Waals surface area contributed by atoms with Gasteiger partial charge in [-0.3, -0.25) is 9.52 Å². The Labute approximate surface area is 221 Å². The molecule has 12 heteroatoms. The predicted octanol–water partition coefficient (Wildman–Crippen LogP) is 3.04. The van der Waals surface area contributed by atoms with Gasteiger partial charge in [0.05, 0.1) is 27.7 Å². The van der Waals surface area contributed by atoms with Crippen molar-refractivity contribution >= 4 is 56.5 Å². The third kappa shape index (κ3) is 6.54. The van der Waals surface area contributed by atoms with Crippen LogP contribution in [0.3, 0.4) is 0 Å². The number of carbonyl (C=O) groups excluding carboxylic acids is 2. The number of hydrogen-bond acceptors (Lipinski definition) is 5. The van der Waals surface area contributed by atoms with Crippen molar-refractivity contribution in [3.8, 4) is 0 Å². The van der Waals surface area contributed by atoms with Crippen LogP contribution in [0, 0.1) is 0 Å². The summed E-state index contributed by atoms with van der Waals surface area (Å²) in [6.45, 7) is 3.27. The van der Waals surface area contributed by atoms with Crippen LogP contribution in [0.15, 0.2) is 42.5 Å². The summed E-state index contributed by atoms with van der Waals surface area (Å²) >= 11 is 12.2. The fourth-order valence-corrected chi connectivity index (χ4v) is 5.18. The van der Waals surface area contributed by atoms with E-state index in [1.54, 1.807) is 40.1 Å². The van der Waals surface area contributed by atoms with Gasteiger partial charge in [0.25, 0.3) is 0 Å². The monoisotopic (exact) mass is 553 g/mol. The first-order valence-corrected chi connectivity index (χ1v) is 14.4. The van der Waals surface area contributed by atoms with E-state index in [-0.39, 0.29) is 18.4 Å². The number of amides is 3. The summed E-state index contributed by atoms with van der Waals surface area (Å²) in [4.78, 5) is 31.7. The van der Waals surface area contributed by atoms with Gasteiger partial charge in [-0.15, -0.1) is 0 Å². The molecule has 4 rings (SSSR count). The fourth-order valence-electron chi connectivity index (χ4n) is 4.29. The van der Waals surface area contributed by atoms with Gasteiger partial charge in [-0.25, -0.2) is 13.2 Å².